The van der Waals surface area contributed by atoms with Gasteiger partial charge in [-0.3, -0.25) is 4.98 Å². The maximum atomic E-state index is 4.21. The summed E-state index contributed by atoms with van der Waals surface area (Å²) in [5.74, 6) is 0.883. The molecule has 1 unspecified atom stereocenters. The predicted molar refractivity (Wildman–Crippen MR) is 82.7 cm³/mol. The molecule has 1 aliphatic rings. The Bertz CT molecular complexity index is 367. The van der Waals surface area contributed by atoms with Crippen molar-refractivity contribution in [3.05, 3.63) is 16.6 Å². The van der Waals surface area contributed by atoms with Crippen LogP contribution >= 0.6 is 11.3 Å². The average molecular weight is 281 g/mol. The van der Waals surface area contributed by atoms with E-state index >= 15 is 0 Å². The molecule has 0 radical (unpaired) electrons. The minimum atomic E-state index is 0.297. The van der Waals surface area contributed by atoms with Gasteiger partial charge in [0.05, 0.1) is 5.51 Å². The second-order valence-corrected chi connectivity index (χ2v) is 7.16. The van der Waals surface area contributed by atoms with Gasteiger partial charge in [-0.2, -0.15) is 0 Å². The summed E-state index contributed by atoms with van der Waals surface area (Å²) in [4.78, 5) is 8.06. The molecule has 0 aliphatic heterocycles. The minimum absolute atomic E-state index is 0.297. The zero-order valence-electron chi connectivity index (χ0n) is 12.6. The lowest BCUT2D eigenvalue weighted by Crippen LogP contribution is -2.60. The molecule has 19 heavy (non-hydrogen) atoms. The van der Waals surface area contributed by atoms with Crippen molar-refractivity contribution in [2.75, 3.05) is 21.1 Å². The summed E-state index contributed by atoms with van der Waals surface area (Å²) in [7, 11) is 6.59. The number of nitrogens with one attached hydrogen (secondary N) is 1. The summed E-state index contributed by atoms with van der Waals surface area (Å²) in [6, 6.07) is 0.510. The standard InChI is InChI=1S/C15H27N3S/c1-12-5-7-15(8-6-12,18(3)4)14(16-2)9-13-10-17-11-19-13/h10-12,14,16H,5-9H2,1-4H3. The van der Waals surface area contributed by atoms with Gasteiger partial charge in [0.1, 0.15) is 0 Å². The highest BCUT2D eigenvalue weighted by Crippen LogP contribution is 2.38. The van der Waals surface area contributed by atoms with Crippen molar-refractivity contribution in [2.45, 2.75) is 50.6 Å². The first-order valence-corrected chi connectivity index (χ1v) is 8.18. The van der Waals surface area contributed by atoms with Crippen LogP contribution in [0.5, 0.6) is 0 Å². The summed E-state index contributed by atoms with van der Waals surface area (Å²) in [6.45, 7) is 2.39. The van der Waals surface area contributed by atoms with E-state index in [0.717, 1.165) is 12.3 Å². The summed E-state index contributed by atoms with van der Waals surface area (Å²) in [6.07, 6.45) is 8.40. The normalized spacial score (nSPS) is 29.6. The Labute approximate surface area is 121 Å². The molecule has 108 valence electrons. The molecule has 0 spiro atoms. The van der Waals surface area contributed by atoms with Crippen LogP contribution in [0.4, 0.5) is 0 Å². The van der Waals surface area contributed by atoms with Gasteiger partial charge in [-0.25, -0.2) is 0 Å². The van der Waals surface area contributed by atoms with E-state index in [1.807, 2.05) is 11.7 Å². The summed E-state index contributed by atoms with van der Waals surface area (Å²) in [5.41, 5.74) is 2.23. The Kier molecular flexibility index (Phi) is 4.98. The Morgan fingerprint density at radius 1 is 1.47 bits per heavy atom. The van der Waals surface area contributed by atoms with Gasteiger partial charge >= 0.3 is 0 Å². The van der Waals surface area contributed by atoms with Gasteiger partial charge in [0.25, 0.3) is 0 Å². The van der Waals surface area contributed by atoms with E-state index in [0.29, 0.717) is 11.6 Å². The second kappa shape index (κ2) is 6.33. The number of rotatable bonds is 5. The molecule has 0 saturated heterocycles. The second-order valence-electron chi connectivity index (χ2n) is 6.19. The SMILES string of the molecule is CNC(Cc1cncs1)C1(N(C)C)CCC(C)CC1. The average Bonchev–Trinajstić information content (AvgIpc) is 2.90. The number of nitrogens with zero attached hydrogens (tertiary/aromatic N) is 2. The highest BCUT2D eigenvalue weighted by Gasteiger charge is 2.42. The molecule has 1 heterocycles. The fourth-order valence-corrected chi connectivity index (χ4v) is 4.12. The van der Waals surface area contributed by atoms with Gasteiger partial charge in [0.15, 0.2) is 0 Å². The van der Waals surface area contributed by atoms with Crippen molar-refractivity contribution in [3.63, 3.8) is 0 Å². The van der Waals surface area contributed by atoms with E-state index in [9.17, 15) is 0 Å². The van der Waals surface area contributed by atoms with Gasteiger partial charge in [0, 0.05) is 29.1 Å². The largest absolute Gasteiger partial charge is 0.315 e. The lowest BCUT2D eigenvalue weighted by atomic mass is 9.71. The molecule has 2 rings (SSSR count). The Hall–Kier alpha value is -0.450. The topological polar surface area (TPSA) is 28.2 Å². The van der Waals surface area contributed by atoms with Crippen molar-refractivity contribution >= 4 is 11.3 Å². The highest BCUT2D eigenvalue weighted by molar-refractivity contribution is 7.09. The Morgan fingerprint density at radius 3 is 2.63 bits per heavy atom. The number of likely N-dealkylation sites (N-methyl/N-ethyl adjacent to an activating group) is 2. The van der Waals surface area contributed by atoms with Crippen molar-refractivity contribution in [3.8, 4) is 0 Å². The van der Waals surface area contributed by atoms with Gasteiger partial charge in [-0.05, 0) is 52.7 Å². The third kappa shape index (κ3) is 3.18. The quantitative estimate of drug-likeness (QED) is 0.899. The van der Waals surface area contributed by atoms with Crippen LogP contribution in [0.25, 0.3) is 0 Å². The van der Waals surface area contributed by atoms with Crippen LogP contribution in [0.3, 0.4) is 0 Å². The fraction of sp³-hybridized carbons (Fsp3) is 0.800. The maximum absolute atomic E-state index is 4.21. The number of hydrogen-bond acceptors (Lipinski definition) is 4. The number of hydrogen-bond donors (Lipinski definition) is 1. The molecule has 1 N–H and O–H groups in total. The summed E-state index contributed by atoms with van der Waals surface area (Å²) >= 11 is 1.77. The number of thiazole rings is 1. The van der Waals surface area contributed by atoms with Crippen molar-refractivity contribution in [2.24, 2.45) is 5.92 Å². The van der Waals surface area contributed by atoms with Crippen LogP contribution in [0, 0.1) is 5.92 Å². The summed E-state index contributed by atoms with van der Waals surface area (Å²) in [5, 5.41) is 3.58. The van der Waals surface area contributed by atoms with Crippen LogP contribution in [-0.4, -0.2) is 42.6 Å². The monoisotopic (exact) mass is 281 g/mol. The molecule has 1 aliphatic carbocycles. The molecular formula is C15H27N3S. The predicted octanol–water partition coefficient (Wildman–Crippen LogP) is 2.78. The zero-order chi connectivity index (χ0) is 13.9. The first kappa shape index (κ1) is 14.9. The maximum Gasteiger partial charge on any atom is 0.0794 e. The Balaban J connectivity index is 2.16. The zero-order valence-corrected chi connectivity index (χ0v) is 13.5. The highest BCUT2D eigenvalue weighted by atomic mass is 32.1. The molecular weight excluding hydrogens is 254 g/mol. The van der Waals surface area contributed by atoms with E-state index in [4.69, 9.17) is 0 Å². The fourth-order valence-electron chi connectivity index (χ4n) is 3.47. The summed E-state index contributed by atoms with van der Waals surface area (Å²) < 4.78 is 0. The lowest BCUT2D eigenvalue weighted by Gasteiger charge is -2.49. The van der Waals surface area contributed by atoms with Crippen LogP contribution < -0.4 is 5.32 Å². The molecule has 1 fully saturated rings. The third-order valence-corrected chi connectivity index (χ3v) is 5.72. The van der Waals surface area contributed by atoms with Gasteiger partial charge in [-0.15, -0.1) is 11.3 Å². The molecule has 1 atom stereocenters. The molecule has 1 aromatic heterocycles. The van der Waals surface area contributed by atoms with Gasteiger partial charge in [0.2, 0.25) is 0 Å². The molecule has 0 amide bonds. The number of aromatic nitrogens is 1. The van der Waals surface area contributed by atoms with E-state index < -0.39 is 0 Å². The molecule has 1 aromatic rings. The van der Waals surface area contributed by atoms with E-state index in [-0.39, 0.29) is 0 Å². The van der Waals surface area contributed by atoms with Crippen molar-refractivity contribution in [1.82, 2.24) is 15.2 Å². The molecule has 4 heteroatoms. The molecule has 3 nitrogen and oxygen atoms in total. The van der Waals surface area contributed by atoms with Crippen LogP contribution in [0.2, 0.25) is 0 Å². The first-order valence-electron chi connectivity index (χ1n) is 7.30. The molecule has 0 bridgehead atoms. The van der Waals surface area contributed by atoms with E-state index in [2.05, 4.69) is 43.3 Å². The van der Waals surface area contributed by atoms with Crippen LogP contribution in [0.1, 0.15) is 37.5 Å². The van der Waals surface area contributed by atoms with Gasteiger partial charge < -0.3 is 10.2 Å². The van der Waals surface area contributed by atoms with Crippen LogP contribution in [0.15, 0.2) is 11.7 Å². The minimum Gasteiger partial charge on any atom is -0.315 e. The lowest BCUT2D eigenvalue weighted by molar-refractivity contribution is 0.0463. The molecule has 1 saturated carbocycles. The smallest absolute Gasteiger partial charge is 0.0794 e. The van der Waals surface area contributed by atoms with E-state index in [1.165, 1.54) is 30.6 Å². The third-order valence-electron chi connectivity index (χ3n) is 4.92. The Morgan fingerprint density at radius 2 is 2.16 bits per heavy atom. The first-order chi connectivity index (χ1) is 9.08. The van der Waals surface area contributed by atoms with Crippen LogP contribution in [-0.2, 0) is 6.42 Å². The van der Waals surface area contributed by atoms with Crippen molar-refractivity contribution in [1.29, 1.82) is 0 Å². The van der Waals surface area contributed by atoms with Gasteiger partial charge in [-0.1, -0.05) is 6.92 Å². The van der Waals surface area contributed by atoms with Crippen molar-refractivity contribution < 1.29 is 0 Å². The van der Waals surface area contributed by atoms with E-state index in [1.54, 1.807) is 11.3 Å². The molecule has 0 aromatic carbocycles.